The first-order chi connectivity index (χ1) is 11.7. The maximum absolute atomic E-state index is 4.69. The Morgan fingerprint density at radius 1 is 1.42 bits per heavy atom. The number of aliphatic imine (C=N–C) groups is 1. The van der Waals surface area contributed by atoms with Gasteiger partial charge < -0.3 is 15.5 Å². The molecule has 0 atom stereocenters. The third-order valence-electron chi connectivity index (χ3n) is 4.04. The summed E-state index contributed by atoms with van der Waals surface area (Å²) < 4.78 is 0. The van der Waals surface area contributed by atoms with E-state index in [4.69, 9.17) is 4.99 Å². The lowest BCUT2D eigenvalue weighted by Gasteiger charge is -2.33. The van der Waals surface area contributed by atoms with Crippen molar-refractivity contribution in [1.29, 1.82) is 0 Å². The van der Waals surface area contributed by atoms with Crippen molar-refractivity contribution in [1.82, 2.24) is 15.6 Å². The van der Waals surface area contributed by atoms with E-state index < -0.39 is 0 Å². The molecule has 130 valence electrons. The van der Waals surface area contributed by atoms with Gasteiger partial charge >= 0.3 is 0 Å². The second kappa shape index (κ2) is 8.48. The fourth-order valence-corrected chi connectivity index (χ4v) is 4.33. The van der Waals surface area contributed by atoms with Crippen molar-refractivity contribution in [2.75, 3.05) is 24.5 Å². The van der Waals surface area contributed by atoms with Crippen molar-refractivity contribution in [2.24, 2.45) is 4.99 Å². The largest absolute Gasteiger partial charge is 0.363 e. The molecule has 0 spiro atoms. The van der Waals surface area contributed by atoms with E-state index in [-0.39, 0.29) is 0 Å². The number of piperidine rings is 1. The molecular formula is C17H25N5S2. The van der Waals surface area contributed by atoms with Crippen LogP contribution in [0, 0.1) is 6.92 Å². The van der Waals surface area contributed by atoms with Crippen LogP contribution in [-0.4, -0.2) is 36.6 Å². The molecule has 2 aromatic rings. The lowest BCUT2D eigenvalue weighted by Crippen LogP contribution is -2.48. The van der Waals surface area contributed by atoms with Crippen molar-refractivity contribution < 1.29 is 0 Å². The topological polar surface area (TPSA) is 52.6 Å². The SMILES string of the molecule is CCNC(=NCc1ncc(C)s1)NC1CCN(c2cccs2)CC1. The van der Waals surface area contributed by atoms with Gasteiger partial charge in [0.1, 0.15) is 5.01 Å². The first-order valence-corrected chi connectivity index (χ1v) is 10.2. The van der Waals surface area contributed by atoms with Gasteiger partial charge in [-0.3, -0.25) is 0 Å². The minimum absolute atomic E-state index is 0.483. The molecule has 0 amide bonds. The van der Waals surface area contributed by atoms with E-state index in [9.17, 15) is 0 Å². The average molecular weight is 364 g/mol. The third kappa shape index (κ3) is 4.70. The Balaban J connectivity index is 1.52. The number of guanidine groups is 1. The normalized spacial score (nSPS) is 16.4. The summed E-state index contributed by atoms with van der Waals surface area (Å²) in [7, 11) is 0. The molecule has 24 heavy (non-hydrogen) atoms. The molecule has 0 aromatic carbocycles. The second-order valence-electron chi connectivity index (χ2n) is 5.92. The van der Waals surface area contributed by atoms with E-state index in [1.54, 1.807) is 11.3 Å². The molecule has 0 unspecified atom stereocenters. The molecule has 2 aromatic heterocycles. The van der Waals surface area contributed by atoms with E-state index in [0.29, 0.717) is 12.6 Å². The fourth-order valence-electron chi connectivity index (χ4n) is 2.83. The maximum atomic E-state index is 4.69. The molecule has 1 aliphatic heterocycles. The first kappa shape index (κ1) is 17.2. The summed E-state index contributed by atoms with van der Waals surface area (Å²) >= 11 is 3.54. The monoisotopic (exact) mass is 363 g/mol. The standard InChI is InChI=1S/C17H25N5S2/c1-3-18-17(20-12-15-19-11-13(2)24-15)21-14-6-8-22(9-7-14)16-5-4-10-23-16/h4-5,10-11,14H,3,6-9,12H2,1-2H3,(H2,18,20,21). The zero-order chi connectivity index (χ0) is 16.8. The highest BCUT2D eigenvalue weighted by Gasteiger charge is 2.20. The van der Waals surface area contributed by atoms with Crippen LogP contribution in [0.1, 0.15) is 29.7 Å². The number of nitrogens with one attached hydrogen (secondary N) is 2. The summed E-state index contributed by atoms with van der Waals surface area (Å²) in [6, 6.07) is 4.82. The van der Waals surface area contributed by atoms with Gasteiger partial charge in [0.05, 0.1) is 11.5 Å². The van der Waals surface area contributed by atoms with E-state index in [2.05, 4.69) is 51.9 Å². The molecule has 1 aliphatic rings. The molecule has 0 radical (unpaired) electrons. The van der Waals surface area contributed by atoms with Gasteiger partial charge in [-0.05, 0) is 44.2 Å². The van der Waals surface area contributed by atoms with Gasteiger partial charge in [0.15, 0.2) is 5.96 Å². The number of hydrogen-bond donors (Lipinski definition) is 2. The predicted octanol–water partition coefficient (Wildman–Crippen LogP) is 3.24. The fraction of sp³-hybridized carbons (Fsp3) is 0.529. The molecule has 0 saturated carbocycles. The van der Waals surface area contributed by atoms with Crippen LogP contribution in [0.3, 0.4) is 0 Å². The highest BCUT2D eigenvalue weighted by atomic mass is 32.1. The summed E-state index contributed by atoms with van der Waals surface area (Å²) in [5, 5.41) is 11.5. The van der Waals surface area contributed by atoms with Crippen LogP contribution < -0.4 is 15.5 Å². The Morgan fingerprint density at radius 2 is 2.25 bits per heavy atom. The van der Waals surface area contributed by atoms with Gasteiger partial charge in [-0.2, -0.15) is 0 Å². The highest BCUT2D eigenvalue weighted by molar-refractivity contribution is 7.14. The molecule has 3 rings (SSSR count). The molecule has 0 aliphatic carbocycles. The van der Waals surface area contributed by atoms with Crippen LogP contribution in [0.15, 0.2) is 28.7 Å². The molecular weight excluding hydrogens is 338 g/mol. The van der Waals surface area contributed by atoms with Crippen molar-refractivity contribution in [3.63, 3.8) is 0 Å². The second-order valence-corrected chi connectivity index (χ2v) is 8.16. The highest BCUT2D eigenvalue weighted by Crippen LogP contribution is 2.24. The number of rotatable bonds is 5. The minimum atomic E-state index is 0.483. The molecule has 5 nitrogen and oxygen atoms in total. The minimum Gasteiger partial charge on any atom is -0.363 e. The summed E-state index contributed by atoms with van der Waals surface area (Å²) in [4.78, 5) is 12.8. The van der Waals surface area contributed by atoms with Gasteiger partial charge in [0.2, 0.25) is 0 Å². The van der Waals surface area contributed by atoms with Crippen LogP contribution in [0.4, 0.5) is 5.00 Å². The number of nitrogens with zero attached hydrogens (tertiary/aromatic N) is 3. The van der Waals surface area contributed by atoms with Crippen molar-refractivity contribution in [3.8, 4) is 0 Å². The number of hydrogen-bond acceptors (Lipinski definition) is 5. The average Bonchev–Trinajstić information content (AvgIpc) is 3.25. The summed E-state index contributed by atoms with van der Waals surface area (Å²) in [6.45, 7) is 7.89. The first-order valence-electron chi connectivity index (χ1n) is 8.49. The number of thiophene rings is 1. The maximum Gasteiger partial charge on any atom is 0.191 e. The van der Waals surface area contributed by atoms with E-state index in [1.807, 2.05) is 17.5 Å². The van der Waals surface area contributed by atoms with Gasteiger partial charge in [-0.1, -0.05) is 0 Å². The quantitative estimate of drug-likeness (QED) is 0.632. The van der Waals surface area contributed by atoms with Crippen LogP contribution in [0.2, 0.25) is 0 Å². The van der Waals surface area contributed by atoms with E-state index in [1.165, 1.54) is 9.88 Å². The Labute approximate surface area is 151 Å². The van der Waals surface area contributed by atoms with E-state index >= 15 is 0 Å². The summed E-state index contributed by atoms with van der Waals surface area (Å²) in [5.74, 6) is 0.903. The smallest absolute Gasteiger partial charge is 0.191 e. The molecule has 0 bridgehead atoms. The number of aryl methyl sites for hydroxylation is 1. The Morgan fingerprint density at radius 3 is 2.88 bits per heavy atom. The lowest BCUT2D eigenvalue weighted by atomic mass is 10.1. The van der Waals surface area contributed by atoms with Crippen LogP contribution in [-0.2, 0) is 6.54 Å². The Kier molecular flexibility index (Phi) is 6.09. The lowest BCUT2D eigenvalue weighted by molar-refractivity contribution is 0.463. The molecule has 1 fully saturated rings. The predicted molar refractivity (Wildman–Crippen MR) is 104 cm³/mol. The van der Waals surface area contributed by atoms with Crippen LogP contribution in [0.25, 0.3) is 0 Å². The Hall–Kier alpha value is -1.60. The molecule has 1 saturated heterocycles. The van der Waals surface area contributed by atoms with E-state index in [0.717, 1.165) is 43.4 Å². The van der Waals surface area contributed by atoms with Gasteiger partial charge in [-0.15, -0.1) is 22.7 Å². The van der Waals surface area contributed by atoms with Crippen molar-refractivity contribution in [2.45, 2.75) is 39.3 Å². The molecule has 2 N–H and O–H groups in total. The summed E-state index contributed by atoms with van der Waals surface area (Å²) in [6.07, 6.45) is 4.19. The van der Waals surface area contributed by atoms with Crippen LogP contribution in [0.5, 0.6) is 0 Å². The molecule has 7 heteroatoms. The van der Waals surface area contributed by atoms with Gasteiger partial charge in [-0.25, -0.2) is 9.98 Å². The van der Waals surface area contributed by atoms with Crippen LogP contribution >= 0.6 is 22.7 Å². The Bertz CT molecular complexity index is 642. The zero-order valence-corrected chi connectivity index (χ0v) is 15.9. The van der Waals surface area contributed by atoms with Crippen molar-refractivity contribution in [3.05, 3.63) is 33.6 Å². The number of aromatic nitrogens is 1. The summed E-state index contributed by atoms with van der Waals surface area (Å²) in [5.41, 5.74) is 0. The molecule has 3 heterocycles. The van der Waals surface area contributed by atoms with Crippen molar-refractivity contribution >= 4 is 33.6 Å². The van der Waals surface area contributed by atoms with Gasteiger partial charge in [0.25, 0.3) is 0 Å². The number of thiazole rings is 1. The zero-order valence-electron chi connectivity index (χ0n) is 14.3. The van der Waals surface area contributed by atoms with Gasteiger partial charge in [0, 0.05) is 36.8 Å². The third-order valence-corrected chi connectivity index (χ3v) is 5.87. The number of anilines is 1.